The SMILES string of the molecule is COc1nccc(Cl)c1OC1CCCNC1. The summed E-state index contributed by atoms with van der Waals surface area (Å²) in [5.74, 6) is 0.985. The molecule has 1 aliphatic rings. The summed E-state index contributed by atoms with van der Waals surface area (Å²) in [4.78, 5) is 4.07. The van der Waals surface area contributed by atoms with Crippen molar-refractivity contribution in [3.63, 3.8) is 0 Å². The lowest BCUT2D eigenvalue weighted by atomic mass is 10.1. The normalized spacial score (nSPS) is 20.5. The van der Waals surface area contributed by atoms with Gasteiger partial charge in [0.15, 0.2) is 0 Å². The van der Waals surface area contributed by atoms with Crippen molar-refractivity contribution in [2.75, 3.05) is 20.2 Å². The number of methoxy groups -OCH3 is 1. The van der Waals surface area contributed by atoms with Crippen LogP contribution in [0.25, 0.3) is 0 Å². The Morgan fingerprint density at radius 1 is 1.56 bits per heavy atom. The number of pyridine rings is 1. The highest BCUT2D eigenvalue weighted by Crippen LogP contribution is 2.33. The quantitative estimate of drug-likeness (QED) is 0.879. The monoisotopic (exact) mass is 242 g/mol. The van der Waals surface area contributed by atoms with Crippen molar-refractivity contribution in [2.45, 2.75) is 18.9 Å². The summed E-state index contributed by atoms with van der Waals surface area (Å²) < 4.78 is 11.0. The minimum atomic E-state index is 0.143. The Morgan fingerprint density at radius 3 is 3.12 bits per heavy atom. The Labute approximate surface area is 99.9 Å². The number of rotatable bonds is 3. The van der Waals surface area contributed by atoms with Crippen LogP contribution < -0.4 is 14.8 Å². The lowest BCUT2D eigenvalue weighted by Gasteiger charge is -2.24. The molecule has 88 valence electrons. The maximum atomic E-state index is 6.06. The number of hydrogen-bond acceptors (Lipinski definition) is 4. The molecule has 1 fully saturated rings. The number of ether oxygens (including phenoxy) is 2. The summed E-state index contributed by atoms with van der Waals surface area (Å²) in [5, 5.41) is 3.82. The molecule has 0 bridgehead atoms. The van der Waals surface area contributed by atoms with Crippen molar-refractivity contribution in [3.8, 4) is 11.6 Å². The van der Waals surface area contributed by atoms with Gasteiger partial charge in [0.25, 0.3) is 5.88 Å². The molecule has 0 saturated carbocycles. The van der Waals surface area contributed by atoms with Crippen LogP contribution in [0.3, 0.4) is 0 Å². The summed E-state index contributed by atoms with van der Waals surface area (Å²) in [6.07, 6.45) is 3.89. The number of nitrogens with one attached hydrogen (secondary N) is 1. The molecule has 0 aromatic carbocycles. The van der Waals surface area contributed by atoms with Crippen LogP contribution in [-0.4, -0.2) is 31.3 Å². The highest BCUT2D eigenvalue weighted by Gasteiger charge is 2.19. The Morgan fingerprint density at radius 2 is 2.44 bits per heavy atom. The Bertz CT molecular complexity index is 354. The number of halogens is 1. The minimum Gasteiger partial charge on any atom is -0.482 e. The van der Waals surface area contributed by atoms with Crippen molar-refractivity contribution in [1.82, 2.24) is 10.3 Å². The molecule has 2 heterocycles. The van der Waals surface area contributed by atoms with Crippen LogP contribution in [0, 0.1) is 0 Å². The average molecular weight is 243 g/mol. The molecule has 1 aliphatic heterocycles. The van der Waals surface area contributed by atoms with Crippen LogP contribution in [0.5, 0.6) is 11.6 Å². The number of aromatic nitrogens is 1. The summed E-state index contributed by atoms with van der Waals surface area (Å²) in [7, 11) is 1.56. The maximum Gasteiger partial charge on any atom is 0.258 e. The molecular formula is C11H15ClN2O2. The fourth-order valence-electron chi connectivity index (χ4n) is 1.75. The number of hydrogen-bond donors (Lipinski definition) is 1. The van der Waals surface area contributed by atoms with Crippen LogP contribution in [0.1, 0.15) is 12.8 Å². The van der Waals surface area contributed by atoms with Gasteiger partial charge in [0.1, 0.15) is 6.10 Å². The standard InChI is InChI=1S/C11H15ClN2O2/c1-15-11-10(9(12)4-6-14-11)16-8-3-2-5-13-7-8/h4,6,8,13H,2-3,5,7H2,1H3. The molecule has 1 aromatic heterocycles. The second kappa shape index (κ2) is 5.37. The number of piperidine rings is 1. The van der Waals surface area contributed by atoms with Gasteiger partial charge >= 0.3 is 0 Å². The van der Waals surface area contributed by atoms with Crippen molar-refractivity contribution in [3.05, 3.63) is 17.3 Å². The van der Waals surface area contributed by atoms with E-state index in [1.807, 2.05) is 0 Å². The molecule has 2 rings (SSSR count). The maximum absolute atomic E-state index is 6.06. The molecule has 5 heteroatoms. The van der Waals surface area contributed by atoms with Gasteiger partial charge in [-0.25, -0.2) is 4.98 Å². The highest BCUT2D eigenvalue weighted by molar-refractivity contribution is 6.32. The molecule has 0 aliphatic carbocycles. The molecule has 16 heavy (non-hydrogen) atoms. The van der Waals surface area contributed by atoms with E-state index in [1.165, 1.54) is 0 Å². The Balaban J connectivity index is 2.12. The Kier molecular flexibility index (Phi) is 3.85. The van der Waals surface area contributed by atoms with E-state index < -0.39 is 0 Å². The first-order chi connectivity index (χ1) is 7.81. The van der Waals surface area contributed by atoms with E-state index in [-0.39, 0.29) is 6.10 Å². The van der Waals surface area contributed by atoms with E-state index in [4.69, 9.17) is 21.1 Å². The second-order valence-corrected chi connectivity index (χ2v) is 4.12. The average Bonchev–Trinajstić information content (AvgIpc) is 2.33. The molecule has 0 amide bonds. The molecule has 1 saturated heterocycles. The first-order valence-electron chi connectivity index (χ1n) is 5.37. The summed E-state index contributed by atoms with van der Waals surface area (Å²) in [5.41, 5.74) is 0. The zero-order chi connectivity index (χ0) is 11.4. The third-order valence-electron chi connectivity index (χ3n) is 2.55. The minimum absolute atomic E-state index is 0.143. The van der Waals surface area contributed by atoms with E-state index in [0.717, 1.165) is 25.9 Å². The van der Waals surface area contributed by atoms with Gasteiger partial charge in [0, 0.05) is 12.7 Å². The zero-order valence-corrected chi connectivity index (χ0v) is 9.96. The predicted molar refractivity (Wildman–Crippen MR) is 62.3 cm³/mol. The lowest BCUT2D eigenvalue weighted by Crippen LogP contribution is -2.37. The van der Waals surface area contributed by atoms with Crippen molar-refractivity contribution in [1.29, 1.82) is 0 Å². The summed E-state index contributed by atoms with van der Waals surface area (Å²) >= 11 is 6.06. The van der Waals surface area contributed by atoms with Crippen LogP contribution in [0.15, 0.2) is 12.3 Å². The van der Waals surface area contributed by atoms with E-state index in [1.54, 1.807) is 19.4 Å². The van der Waals surface area contributed by atoms with Gasteiger partial charge in [0.2, 0.25) is 5.75 Å². The molecule has 1 unspecified atom stereocenters. The molecule has 0 radical (unpaired) electrons. The molecular weight excluding hydrogens is 228 g/mol. The van der Waals surface area contributed by atoms with Crippen LogP contribution in [-0.2, 0) is 0 Å². The molecule has 1 aromatic rings. The lowest BCUT2D eigenvalue weighted by molar-refractivity contribution is 0.160. The zero-order valence-electron chi connectivity index (χ0n) is 9.20. The molecule has 4 nitrogen and oxygen atoms in total. The van der Waals surface area contributed by atoms with Crippen LogP contribution in [0.4, 0.5) is 0 Å². The summed E-state index contributed by atoms with van der Waals surface area (Å²) in [6, 6.07) is 1.70. The fourth-order valence-corrected chi connectivity index (χ4v) is 1.93. The van der Waals surface area contributed by atoms with E-state index in [0.29, 0.717) is 16.7 Å². The van der Waals surface area contributed by atoms with Gasteiger partial charge in [-0.2, -0.15) is 0 Å². The first kappa shape index (κ1) is 11.5. The van der Waals surface area contributed by atoms with E-state index in [9.17, 15) is 0 Å². The van der Waals surface area contributed by atoms with Gasteiger partial charge < -0.3 is 14.8 Å². The molecule has 0 spiro atoms. The smallest absolute Gasteiger partial charge is 0.258 e. The highest BCUT2D eigenvalue weighted by atomic mass is 35.5. The second-order valence-electron chi connectivity index (χ2n) is 3.72. The van der Waals surface area contributed by atoms with Gasteiger partial charge in [-0.3, -0.25) is 0 Å². The first-order valence-corrected chi connectivity index (χ1v) is 5.75. The van der Waals surface area contributed by atoms with Gasteiger partial charge in [-0.15, -0.1) is 0 Å². The van der Waals surface area contributed by atoms with Crippen molar-refractivity contribution >= 4 is 11.6 Å². The summed E-state index contributed by atoms with van der Waals surface area (Å²) in [6.45, 7) is 1.89. The van der Waals surface area contributed by atoms with Crippen molar-refractivity contribution < 1.29 is 9.47 Å². The largest absolute Gasteiger partial charge is 0.482 e. The Hall–Kier alpha value is -1.00. The fraction of sp³-hybridized carbons (Fsp3) is 0.545. The van der Waals surface area contributed by atoms with Gasteiger partial charge in [-0.1, -0.05) is 11.6 Å². The van der Waals surface area contributed by atoms with Crippen LogP contribution >= 0.6 is 11.6 Å². The van der Waals surface area contributed by atoms with Crippen molar-refractivity contribution in [2.24, 2.45) is 0 Å². The third kappa shape index (κ3) is 2.57. The van der Waals surface area contributed by atoms with E-state index in [2.05, 4.69) is 10.3 Å². The van der Waals surface area contributed by atoms with E-state index >= 15 is 0 Å². The van der Waals surface area contributed by atoms with Gasteiger partial charge in [-0.05, 0) is 25.5 Å². The number of nitrogens with zero attached hydrogens (tertiary/aromatic N) is 1. The topological polar surface area (TPSA) is 43.4 Å². The molecule has 1 atom stereocenters. The third-order valence-corrected chi connectivity index (χ3v) is 2.85. The molecule has 1 N–H and O–H groups in total. The van der Waals surface area contributed by atoms with Gasteiger partial charge in [0.05, 0.1) is 12.1 Å². The predicted octanol–water partition coefficient (Wildman–Crippen LogP) is 1.87. The van der Waals surface area contributed by atoms with Crippen LogP contribution in [0.2, 0.25) is 5.02 Å².